The largest absolute Gasteiger partial charge is 0.493 e. The number of sulfone groups is 1. The molecular weight excluding hydrogens is 344 g/mol. The van der Waals surface area contributed by atoms with Gasteiger partial charge in [0.05, 0.1) is 14.2 Å². The van der Waals surface area contributed by atoms with E-state index in [4.69, 9.17) is 9.47 Å². The number of carbonyl (C=O) groups excluding carboxylic acids is 1. The quantitative estimate of drug-likeness (QED) is 0.819. The van der Waals surface area contributed by atoms with E-state index < -0.39 is 9.84 Å². The molecule has 138 valence electrons. The van der Waals surface area contributed by atoms with Gasteiger partial charge in [0.2, 0.25) is 5.91 Å². The highest BCUT2D eigenvalue weighted by atomic mass is 32.2. The zero-order valence-corrected chi connectivity index (χ0v) is 15.9. The molecule has 0 aromatic heterocycles. The molecule has 1 fully saturated rings. The van der Waals surface area contributed by atoms with Gasteiger partial charge in [0.25, 0.3) is 0 Å². The lowest BCUT2D eigenvalue weighted by atomic mass is 9.93. The van der Waals surface area contributed by atoms with Crippen molar-refractivity contribution in [1.82, 2.24) is 10.9 Å². The van der Waals surface area contributed by atoms with Crippen LogP contribution in [0.5, 0.6) is 11.5 Å². The van der Waals surface area contributed by atoms with Crippen LogP contribution in [0.4, 0.5) is 0 Å². The molecule has 25 heavy (non-hydrogen) atoms. The van der Waals surface area contributed by atoms with Crippen LogP contribution in [0, 0.1) is 5.92 Å². The van der Waals surface area contributed by atoms with Gasteiger partial charge in [0.15, 0.2) is 21.3 Å². The van der Waals surface area contributed by atoms with E-state index in [-0.39, 0.29) is 28.5 Å². The number of hydrazine groups is 1. The Balaban J connectivity index is 2.48. The van der Waals surface area contributed by atoms with Crippen molar-refractivity contribution in [3.05, 3.63) is 23.8 Å². The number of methoxy groups -OCH3 is 2. The molecule has 0 radical (unpaired) electrons. The summed E-state index contributed by atoms with van der Waals surface area (Å²) in [4.78, 5) is 11.5. The maximum Gasteiger partial charge on any atom is 0.234 e. The lowest BCUT2D eigenvalue weighted by Crippen LogP contribution is -2.52. The molecule has 1 aromatic rings. The second-order valence-electron chi connectivity index (χ2n) is 6.23. The summed E-state index contributed by atoms with van der Waals surface area (Å²) in [6.07, 6.45) is 3.53. The van der Waals surface area contributed by atoms with Crippen molar-refractivity contribution >= 4 is 21.3 Å². The number of nitrogens with one attached hydrogen (secondary N) is 2. The second kappa shape index (κ2) is 7.45. The van der Waals surface area contributed by atoms with E-state index in [0.717, 1.165) is 11.8 Å². The Labute approximate surface area is 148 Å². The van der Waals surface area contributed by atoms with Crippen molar-refractivity contribution in [2.24, 2.45) is 5.92 Å². The molecule has 2 N–H and O–H groups in total. The summed E-state index contributed by atoms with van der Waals surface area (Å²) in [6, 6.07) is 3.27. The molecule has 0 saturated carbocycles. The van der Waals surface area contributed by atoms with Crippen LogP contribution in [0.3, 0.4) is 0 Å². The van der Waals surface area contributed by atoms with E-state index in [0.29, 0.717) is 17.7 Å². The van der Waals surface area contributed by atoms with Crippen molar-refractivity contribution in [2.75, 3.05) is 20.5 Å². The third-order valence-corrected chi connectivity index (χ3v) is 5.33. The van der Waals surface area contributed by atoms with Crippen molar-refractivity contribution in [1.29, 1.82) is 0 Å². The minimum atomic E-state index is -3.49. The molecule has 1 heterocycles. The first-order chi connectivity index (χ1) is 11.7. The summed E-state index contributed by atoms with van der Waals surface area (Å²) in [7, 11) is -0.617. The SMILES string of the molecule is COc1cc(/C(C)=C/C2NNC(=O)CC2C)cc(S(C)(=O)=O)c1OC. The van der Waals surface area contributed by atoms with Gasteiger partial charge in [-0.1, -0.05) is 13.0 Å². The number of hydrogen-bond donors (Lipinski definition) is 2. The van der Waals surface area contributed by atoms with Crippen molar-refractivity contribution in [3.8, 4) is 11.5 Å². The molecule has 0 aliphatic carbocycles. The van der Waals surface area contributed by atoms with Gasteiger partial charge in [-0.2, -0.15) is 0 Å². The van der Waals surface area contributed by atoms with Crippen LogP contribution in [0.15, 0.2) is 23.1 Å². The minimum Gasteiger partial charge on any atom is -0.493 e. The lowest BCUT2D eigenvalue weighted by Gasteiger charge is -2.28. The molecular formula is C17H24N2O5S. The zero-order valence-electron chi connectivity index (χ0n) is 15.0. The Bertz CT molecular complexity index is 802. The zero-order chi connectivity index (χ0) is 18.8. The molecule has 2 rings (SSSR count). The minimum absolute atomic E-state index is 0.0414. The highest BCUT2D eigenvalue weighted by Crippen LogP contribution is 2.37. The third-order valence-electron chi connectivity index (χ3n) is 4.23. The maximum absolute atomic E-state index is 12.1. The molecule has 1 amide bonds. The highest BCUT2D eigenvalue weighted by Gasteiger charge is 2.25. The Morgan fingerprint density at radius 1 is 1.28 bits per heavy atom. The molecule has 1 aliphatic heterocycles. The average molecular weight is 368 g/mol. The predicted octanol–water partition coefficient (Wildman–Crippen LogP) is 1.54. The summed E-state index contributed by atoms with van der Waals surface area (Å²) in [5.74, 6) is 0.627. The first-order valence-electron chi connectivity index (χ1n) is 7.86. The molecule has 2 atom stereocenters. The van der Waals surface area contributed by atoms with E-state index in [1.807, 2.05) is 19.9 Å². The third kappa shape index (κ3) is 4.32. The van der Waals surface area contributed by atoms with E-state index >= 15 is 0 Å². The fourth-order valence-electron chi connectivity index (χ4n) is 2.78. The van der Waals surface area contributed by atoms with Crippen LogP contribution < -0.4 is 20.3 Å². The van der Waals surface area contributed by atoms with Crippen LogP contribution in [0.2, 0.25) is 0 Å². The topological polar surface area (TPSA) is 93.7 Å². The van der Waals surface area contributed by atoms with Crippen molar-refractivity contribution in [2.45, 2.75) is 31.2 Å². The number of carbonyl (C=O) groups is 1. The number of ether oxygens (including phenoxy) is 2. The predicted molar refractivity (Wildman–Crippen MR) is 95.2 cm³/mol. The Hall–Kier alpha value is -2.06. The maximum atomic E-state index is 12.1. The van der Waals surface area contributed by atoms with Gasteiger partial charge in [-0.05, 0) is 36.1 Å². The van der Waals surface area contributed by atoms with Gasteiger partial charge < -0.3 is 9.47 Å². The number of allylic oxidation sites excluding steroid dienone is 1. The number of amides is 1. The van der Waals surface area contributed by atoms with E-state index in [9.17, 15) is 13.2 Å². The molecule has 7 nitrogen and oxygen atoms in total. The summed E-state index contributed by atoms with van der Waals surface area (Å²) in [6.45, 7) is 3.87. The van der Waals surface area contributed by atoms with Crippen molar-refractivity contribution < 1.29 is 22.7 Å². The first kappa shape index (κ1) is 19.3. The smallest absolute Gasteiger partial charge is 0.234 e. The van der Waals surface area contributed by atoms with Crippen LogP contribution in [-0.2, 0) is 14.6 Å². The van der Waals surface area contributed by atoms with Crippen LogP contribution >= 0.6 is 0 Å². The Kier molecular flexibility index (Phi) is 5.74. The molecule has 8 heteroatoms. The summed E-state index contributed by atoms with van der Waals surface area (Å²) < 4.78 is 34.8. The summed E-state index contributed by atoms with van der Waals surface area (Å²) in [5.41, 5.74) is 7.17. The highest BCUT2D eigenvalue weighted by molar-refractivity contribution is 7.90. The standard InChI is InChI=1S/C17H24N2O5S/c1-10(6-13-11(2)7-16(20)19-18-13)12-8-14(23-3)17(24-4)15(9-12)25(5,21)22/h6,8-9,11,13,18H,7H2,1-5H3,(H,19,20)/b10-6+. The van der Waals surface area contributed by atoms with Crippen LogP contribution in [0.25, 0.3) is 5.57 Å². The van der Waals surface area contributed by atoms with Crippen LogP contribution in [-0.4, -0.2) is 40.8 Å². The second-order valence-corrected chi connectivity index (χ2v) is 8.22. The van der Waals surface area contributed by atoms with Gasteiger partial charge in [-0.15, -0.1) is 0 Å². The monoisotopic (exact) mass is 368 g/mol. The number of benzene rings is 1. The summed E-state index contributed by atoms with van der Waals surface area (Å²) in [5, 5.41) is 0. The Morgan fingerprint density at radius 3 is 2.48 bits per heavy atom. The molecule has 1 aliphatic rings. The van der Waals surface area contributed by atoms with Gasteiger partial charge in [-0.3, -0.25) is 10.2 Å². The first-order valence-corrected chi connectivity index (χ1v) is 9.75. The van der Waals surface area contributed by atoms with Crippen molar-refractivity contribution in [3.63, 3.8) is 0 Å². The van der Waals surface area contributed by atoms with E-state index in [2.05, 4.69) is 10.9 Å². The van der Waals surface area contributed by atoms with Gasteiger partial charge in [0.1, 0.15) is 4.90 Å². The number of hydrogen-bond acceptors (Lipinski definition) is 6. The van der Waals surface area contributed by atoms with Gasteiger partial charge >= 0.3 is 0 Å². The molecule has 2 unspecified atom stereocenters. The summed E-state index contributed by atoms with van der Waals surface area (Å²) >= 11 is 0. The normalized spacial score (nSPS) is 21.6. The molecule has 0 bridgehead atoms. The van der Waals surface area contributed by atoms with Gasteiger partial charge in [-0.25, -0.2) is 13.8 Å². The Morgan fingerprint density at radius 2 is 1.96 bits per heavy atom. The van der Waals surface area contributed by atoms with Crippen LogP contribution in [0.1, 0.15) is 25.8 Å². The number of rotatable bonds is 5. The molecule has 1 saturated heterocycles. The van der Waals surface area contributed by atoms with Gasteiger partial charge in [0, 0.05) is 18.7 Å². The fraction of sp³-hybridized carbons (Fsp3) is 0.471. The fourth-order valence-corrected chi connectivity index (χ4v) is 3.64. The molecule has 0 spiro atoms. The molecule has 1 aromatic carbocycles. The average Bonchev–Trinajstić information content (AvgIpc) is 2.55. The lowest BCUT2D eigenvalue weighted by molar-refractivity contribution is -0.125. The van der Waals surface area contributed by atoms with E-state index in [1.54, 1.807) is 12.1 Å². The van der Waals surface area contributed by atoms with E-state index in [1.165, 1.54) is 14.2 Å².